The summed E-state index contributed by atoms with van der Waals surface area (Å²) >= 11 is 0. The summed E-state index contributed by atoms with van der Waals surface area (Å²) < 4.78 is 26.7. The predicted octanol–water partition coefficient (Wildman–Crippen LogP) is 3.30. The van der Waals surface area contributed by atoms with E-state index in [0.29, 0.717) is 18.4 Å². The van der Waals surface area contributed by atoms with Crippen molar-refractivity contribution in [1.29, 1.82) is 0 Å². The van der Waals surface area contributed by atoms with Crippen LogP contribution < -0.4 is 0 Å². The highest BCUT2D eigenvalue weighted by Gasteiger charge is 2.51. The molecule has 92 valence electrons. The number of halogens is 2. The molecule has 0 aromatic heterocycles. The number of hydrogen-bond acceptors (Lipinski definition) is 1. The third-order valence-corrected chi connectivity index (χ3v) is 3.46. The zero-order chi connectivity index (χ0) is 12.7. The van der Waals surface area contributed by atoms with E-state index in [9.17, 15) is 13.6 Å². The molecule has 1 N–H and O–H groups in total. The summed E-state index contributed by atoms with van der Waals surface area (Å²) in [6, 6.07) is 5.70. The molecule has 0 bridgehead atoms. The summed E-state index contributed by atoms with van der Waals surface area (Å²) in [6.07, 6.45) is 0.925. The molecule has 0 saturated heterocycles. The van der Waals surface area contributed by atoms with Crippen LogP contribution in [0, 0.1) is 0 Å². The zero-order valence-corrected chi connectivity index (χ0v) is 9.54. The number of alkyl halides is 2. The van der Waals surface area contributed by atoms with Gasteiger partial charge in [0.2, 0.25) is 0 Å². The van der Waals surface area contributed by atoms with Crippen LogP contribution in [0.25, 0.3) is 0 Å². The van der Waals surface area contributed by atoms with Gasteiger partial charge >= 0.3 is 5.97 Å². The summed E-state index contributed by atoms with van der Waals surface area (Å²) in [4.78, 5) is 11.1. The molecular formula is C13H14F2O2. The topological polar surface area (TPSA) is 37.3 Å². The van der Waals surface area contributed by atoms with Gasteiger partial charge in [-0.05, 0) is 18.4 Å². The first-order valence-corrected chi connectivity index (χ1v) is 5.64. The Morgan fingerprint density at radius 3 is 2.24 bits per heavy atom. The average molecular weight is 240 g/mol. The second-order valence-corrected chi connectivity index (χ2v) is 4.52. The van der Waals surface area contributed by atoms with Gasteiger partial charge in [-0.15, -0.1) is 0 Å². The van der Waals surface area contributed by atoms with Gasteiger partial charge in [0.15, 0.2) is 0 Å². The fourth-order valence-corrected chi connectivity index (χ4v) is 1.99. The number of carboxylic acid groups (broad SMARTS) is 1. The van der Waals surface area contributed by atoms with E-state index in [4.69, 9.17) is 5.11 Å². The molecule has 4 heteroatoms. The van der Waals surface area contributed by atoms with Gasteiger partial charge in [-0.3, -0.25) is 4.79 Å². The molecule has 1 aromatic carbocycles. The van der Waals surface area contributed by atoms with E-state index >= 15 is 0 Å². The summed E-state index contributed by atoms with van der Waals surface area (Å²) in [5.74, 6) is -3.70. The Morgan fingerprint density at radius 1 is 1.35 bits per heavy atom. The van der Waals surface area contributed by atoms with Crippen LogP contribution in [0.5, 0.6) is 0 Å². The molecule has 1 aliphatic rings. The minimum atomic E-state index is -2.83. The third kappa shape index (κ3) is 1.92. The molecule has 0 spiro atoms. The second kappa shape index (κ2) is 3.79. The van der Waals surface area contributed by atoms with Gasteiger partial charge < -0.3 is 5.11 Å². The normalized spacial score (nSPS) is 17.8. The molecule has 0 unspecified atom stereocenters. The van der Waals surface area contributed by atoms with Crippen molar-refractivity contribution < 1.29 is 18.7 Å². The Kier molecular flexibility index (Phi) is 2.68. The van der Waals surface area contributed by atoms with Crippen LogP contribution >= 0.6 is 0 Å². The van der Waals surface area contributed by atoms with Crippen molar-refractivity contribution in [2.45, 2.75) is 37.5 Å². The first-order valence-electron chi connectivity index (χ1n) is 5.64. The lowest BCUT2D eigenvalue weighted by Gasteiger charge is -2.16. The van der Waals surface area contributed by atoms with E-state index in [2.05, 4.69) is 0 Å². The van der Waals surface area contributed by atoms with E-state index in [1.807, 2.05) is 0 Å². The number of rotatable bonds is 4. The highest BCUT2D eigenvalue weighted by molar-refractivity contribution is 5.84. The van der Waals surface area contributed by atoms with Crippen LogP contribution in [0.2, 0.25) is 0 Å². The Balaban J connectivity index is 2.28. The zero-order valence-electron chi connectivity index (χ0n) is 9.54. The van der Waals surface area contributed by atoms with Gasteiger partial charge in [0, 0.05) is 12.0 Å². The Morgan fingerprint density at radius 2 is 1.88 bits per heavy atom. The molecule has 1 saturated carbocycles. The molecule has 2 rings (SSSR count). The fourth-order valence-electron chi connectivity index (χ4n) is 1.99. The lowest BCUT2D eigenvalue weighted by atomic mass is 9.94. The molecule has 1 aliphatic carbocycles. The monoisotopic (exact) mass is 240 g/mol. The summed E-state index contributed by atoms with van der Waals surface area (Å²) in [7, 11) is 0. The van der Waals surface area contributed by atoms with Gasteiger partial charge in [0.05, 0.1) is 5.41 Å². The molecule has 2 nitrogen and oxygen atoms in total. The molecule has 0 radical (unpaired) electrons. The fraction of sp³-hybridized carbons (Fsp3) is 0.462. The lowest BCUT2D eigenvalue weighted by Crippen LogP contribution is -2.20. The van der Waals surface area contributed by atoms with Crippen molar-refractivity contribution in [2.75, 3.05) is 0 Å². The summed E-state index contributed by atoms with van der Waals surface area (Å²) in [5.41, 5.74) is -0.245. The van der Waals surface area contributed by atoms with Gasteiger partial charge in [0.25, 0.3) is 5.92 Å². The average Bonchev–Trinajstić information content (AvgIpc) is 3.10. The SMILES string of the molecule is CCC(F)(F)c1ccc(C2(C(=O)O)CC2)cc1. The second-order valence-electron chi connectivity index (χ2n) is 4.52. The largest absolute Gasteiger partial charge is 0.481 e. The first kappa shape index (κ1) is 12.0. The van der Waals surface area contributed by atoms with Crippen LogP contribution in [-0.2, 0) is 16.1 Å². The molecule has 1 aromatic rings. The van der Waals surface area contributed by atoms with Crippen molar-refractivity contribution >= 4 is 5.97 Å². The van der Waals surface area contributed by atoms with Crippen LogP contribution in [0.1, 0.15) is 37.3 Å². The summed E-state index contributed by atoms with van der Waals surface area (Å²) in [6.45, 7) is 1.42. The van der Waals surface area contributed by atoms with Crippen molar-refractivity contribution in [3.05, 3.63) is 35.4 Å². The van der Waals surface area contributed by atoms with Gasteiger partial charge in [-0.1, -0.05) is 31.2 Å². The minimum Gasteiger partial charge on any atom is -0.481 e. The number of carboxylic acids is 1. The molecule has 0 heterocycles. The van der Waals surface area contributed by atoms with E-state index in [1.54, 1.807) is 0 Å². The van der Waals surface area contributed by atoms with E-state index in [-0.39, 0.29) is 12.0 Å². The maximum absolute atomic E-state index is 13.4. The molecule has 0 aliphatic heterocycles. The number of carbonyl (C=O) groups is 1. The van der Waals surface area contributed by atoms with Gasteiger partial charge in [0.1, 0.15) is 0 Å². The quantitative estimate of drug-likeness (QED) is 0.876. The van der Waals surface area contributed by atoms with Crippen molar-refractivity contribution in [1.82, 2.24) is 0 Å². The third-order valence-electron chi connectivity index (χ3n) is 3.46. The van der Waals surface area contributed by atoms with Gasteiger partial charge in [-0.2, -0.15) is 0 Å². The minimum absolute atomic E-state index is 0.0510. The molecular weight excluding hydrogens is 226 g/mol. The highest BCUT2D eigenvalue weighted by Crippen LogP contribution is 2.48. The Bertz CT molecular complexity index is 433. The predicted molar refractivity (Wildman–Crippen MR) is 59.2 cm³/mol. The number of aliphatic carboxylic acids is 1. The Labute approximate surface area is 98.3 Å². The van der Waals surface area contributed by atoms with Crippen LogP contribution in [-0.4, -0.2) is 11.1 Å². The van der Waals surface area contributed by atoms with Crippen molar-refractivity contribution in [2.24, 2.45) is 0 Å². The standard InChI is InChI=1S/C13H14F2O2/c1-2-13(14,15)10-5-3-9(4-6-10)12(7-8-12)11(16)17/h3-6H,2,7-8H2,1H3,(H,16,17). The van der Waals surface area contributed by atoms with E-state index in [0.717, 1.165) is 0 Å². The number of benzene rings is 1. The smallest absolute Gasteiger partial charge is 0.314 e. The van der Waals surface area contributed by atoms with Crippen LogP contribution in [0.4, 0.5) is 8.78 Å². The highest BCUT2D eigenvalue weighted by atomic mass is 19.3. The van der Waals surface area contributed by atoms with E-state index < -0.39 is 17.3 Å². The molecule has 17 heavy (non-hydrogen) atoms. The van der Waals surface area contributed by atoms with Crippen molar-refractivity contribution in [3.63, 3.8) is 0 Å². The molecule has 0 amide bonds. The number of hydrogen-bond donors (Lipinski definition) is 1. The molecule has 1 fully saturated rings. The van der Waals surface area contributed by atoms with Crippen LogP contribution in [0.3, 0.4) is 0 Å². The molecule has 0 atom stereocenters. The first-order chi connectivity index (χ1) is 7.92. The summed E-state index contributed by atoms with van der Waals surface area (Å²) in [5, 5.41) is 9.08. The Hall–Kier alpha value is -1.45. The maximum Gasteiger partial charge on any atom is 0.314 e. The van der Waals surface area contributed by atoms with Gasteiger partial charge in [-0.25, -0.2) is 8.78 Å². The maximum atomic E-state index is 13.4. The van der Waals surface area contributed by atoms with Crippen LogP contribution in [0.15, 0.2) is 24.3 Å². The van der Waals surface area contributed by atoms with Crippen molar-refractivity contribution in [3.8, 4) is 0 Å². The lowest BCUT2D eigenvalue weighted by molar-refractivity contribution is -0.140. The van der Waals surface area contributed by atoms with E-state index in [1.165, 1.54) is 31.2 Å².